The van der Waals surface area contributed by atoms with Gasteiger partial charge >= 0.3 is 0 Å². The van der Waals surface area contributed by atoms with Crippen molar-refractivity contribution < 1.29 is 4.79 Å². The summed E-state index contributed by atoms with van der Waals surface area (Å²) >= 11 is 6.04. The molecule has 0 aliphatic carbocycles. The van der Waals surface area contributed by atoms with Gasteiger partial charge in [0.15, 0.2) is 0 Å². The van der Waals surface area contributed by atoms with Gasteiger partial charge in [-0.05, 0) is 50.1 Å². The number of anilines is 1. The molecule has 0 saturated heterocycles. The maximum Gasteiger partial charge on any atom is 0.256 e. The highest BCUT2D eigenvalue weighted by Gasteiger charge is 2.12. The van der Waals surface area contributed by atoms with Crippen LogP contribution in [-0.2, 0) is 0 Å². The third-order valence-electron chi connectivity index (χ3n) is 3.22. The van der Waals surface area contributed by atoms with Gasteiger partial charge in [-0.25, -0.2) is 0 Å². The molecule has 4 heteroatoms. The number of rotatable bonds is 2. The van der Waals surface area contributed by atoms with Gasteiger partial charge in [0.2, 0.25) is 0 Å². The Hall–Kier alpha value is -1.87. The van der Waals surface area contributed by atoms with Crippen molar-refractivity contribution in [1.29, 1.82) is 0 Å². The van der Waals surface area contributed by atoms with Crippen LogP contribution in [0.4, 0.5) is 5.69 Å². The molecule has 0 fully saturated rings. The average molecular weight is 275 g/mol. The van der Waals surface area contributed by atoms with E-state index < -0.39 is 0 Å². The Bertz CT molecular complexity index is 638. The largest absolute Gasteiger partial charge is 0.322 e. The summed E-state index contributed by atoms with van der Waals surface area (Å²) in [4.78, 5) is 16.4. The maximum atomic E-state index is 12.3. The second kappa shape index (κ2) is 5.41. The molecule has 0 spiro atoms. The Labute approximate surface area is 117 Å². The summed E-state index contributed by atoms with van der Waals surface area (Å²) in [5.41, 5.74) is 3.97. The van der Waals surface area contributed by atoms with Crippen LogP contribution in [0.5, 0.6) is 0 Å². The van der Waals surface area contributed by atoms with Gasteiger partial charge in [-0.15, -0.1) is 0 Å². The number of benzene rings is 1. The molecule has 0 radical (unpaired) electrons. The molecule has 1 N–H and O–H groups in total. The highest BCUT2D eigenvalue weighted by molar-refractivity contribution is 6.31. The van der Waals surface area contributed by atoms with Crippen LogP contribution in [0.25, 0.3) is 0 Å². The predicted molar refractivity (Wildman–Crippen MR) is 77.9 cm³/mol. The number of pyridine rings is 1. The molecule has 0 atom stereocenters. The first-order valence-electron chi connectivity index (χ1n) is 5.99. The molecule has 1 aromatic heterocycles. The summed E-state index contributed by atoms with van der Waals surface area (Å²) in [6.45, 7) is 5.65. The lowest BCUT2D eigenvalue weighted by Crippen LogP contribution is -2.15. The zero-order valence-corrected chi connectivity index (χ0v) is 11.9. The van der Waals surface area contributed by atoms with Crippen LogP contribution >= 0.6 is 11.6 Å². The number of hydrogen-bond acceptors (Lipinski definition) is 2. The second-order valence-corrected chi connectivity index (χ2v) is 4.84. The van der Waals surface area contributed by atoms with Crippen molar-refractivity contribution in [2.75, 3.05) is 5.32 Å². The highest BCUT2D eigenvalue weighted by Crippen LogP contribution is 2.23. The quantitative estimate of drug-likeness (QED) is 0.902. The van der Waals surface area contributed by atoms with Crippen LogP contribution in [0.1, 0.15) is 27.2 Å². The van der Waals surface area contributed by atoms with Crippen molar-refractivity contribution in [3.63, 3.8) is 0 Å². The predicted octanol–water partition coefficient (Wildman–Crippen LogP) is 3.91. The lowest BCUT2D eigenvalue weighted by Gasteiger charge is -2.11. The maximum absolute atomic E-state index is 12.3. The van der Waals surface area contributed by atoms with E-state index in [0.717, 1.165) is 22.5 Å². The fourth-order valence-electron chi connectivity index (χ4n) is 1.82. The normalized spacial score (nSPS) is 10.3. The number of amides is 1. The van der Waals surface area contributed by atoms with E-state index in [9.17, 15) is 4.79 Å². The van der Waals surface area contributed by atoms with Gasteiger partial charge in [0.05, 0.1) is 0 Å². The van der Waals surface area contributed by atoms with E-state index in [2.05, 4.69) is 10.3 Å². The number of hydrogen-bond donors (Lipinski definition) is 1. The van der Waals surface area contributed by atoms with E-state index in [1.165, 1.54) is 0 Å². The van der Waals surface area contributed by atoms with Crippen LogP contribution in [0.15, 0.2) is 30.5 Å². The van der Waals surface area contributed by atoms with Gasteiger partial charge in [-0.2, -0.15) is 0 Å². The molecular weight excluding hydrogens is 260 g/mol. The standard InChI is InChI=1S/C15H15ClN2O/c1-9-11(3)17-8-7-12(9)15(19)18-14-6-4-5-13(16)10(14)2/h4-8H,1-3H3,(H,18,19). The Kier molecular flexibility index (Phi) is 3.86. The summed E-state index contributed by atoms with van der Waals surface area (Å²) < 4.78 is 0. The molecule has 98 valence electrons. The molecule has 0 aliphatic rings. The summed E-state index contributed by atoms with van der Waals surface area (Å²) in [5.74, 6) is -0.145. The average Bonchev–Trinajstić information content (AvgIpc) is 2.38. The monoisotopic (exact) mass is 274 g/mol. The second-order valence-electron chi connectivity index (χ2n) is 4.44. The molecule has 19 heavy (non-hydrogen) atoms. The number of nitrogens with one attached hydrogen (secondary N) is 1. The molecule has 0 unspecified atom stereocenters. The van der Waals surface area contributed by atoms with Crippen molar-refractivity contribution in [3.05, 3.63) is 57.9 Å². The molecule has 0 aliphatic heterocycles. The van der Waals surface area contributed by atoms with Gasteiger partial charge in [-0.1, -0.05) is 17.7 Å². The third kappa shape index (κ3) is 2.76. The fourth-order valence-corrected chi connectivity index (χ4v) is 1.99. The van der Waals surface area contributed by atoms with E-state index in [4.69, 9.17) is 11.6 Å². The number of nitrogens with zero attached hydrogens (tertiary/aromatic N) is 1. The lowest BCUT2D eigenvalue weighted by molar-refractivity contribution is 0.102. The minimum atomic E-state index is -0.145. The van der Waals surface area contributed by atoms with Gasteiger partial charge in [0.25, 0.3) is 5.91 Å². The Morgan fingerprint density at radius 3 is 2.63 bits per heavy atom. The van der Waals surface area contributed by atoms with Gasteiger partial charge in [-0.3, -0.25) is 9.78 Å². The Morgan fingerprint density at radius 2 is 1.89 bits per heavy atom. The summed E-state index contributed by atoms with van der Waals surface area (Å²) in [5, 5.41) is 3.52. The molecule has 2 rings (SSSR count). The van der Waals surface area contributed by atoms with Crippen LogP contribution < -0.4 is 5.32 Å². The first-order valence-corrected chi connectivity index (χ1v) is 6.37. The molecule has 1 amide bonds. The molecular formula is C15H15ClN2O. The SMILES string of the molecule is Cc1nccc(C(=O)Nc2cccc(Cl)c2C)c1C. The summed E-state index contributed by atoms with van der Waals surface area (Å²) in [6, 6.07) is 7.17. The van der Waals surface area contributed by atoms with Crippen molar-refractivity contribution >= 4 is 23.2 Å². The van der Waals surface area contributed by atoms with Crippen LogP contribution in [0.3, 0.4) is 0 Å². The number of aryl methyl sites for hydroxylation is 1. The van der Waals surface area contributed by atoms with Crippen molar-refractivity contribution in [2.24, 2.45) is 0 Å². The fraction of sp³-hybridized carbons (Fsp3) is 0.200. The minimum absolute atomic E-state index is 0.145. The highest BCUT2D eigenvalue weighted by atomic mass is 35.5. The van der Waals surface area contributed by atoms with Gasteiger partial charge < -0.3 is 5.32 Å². The summed E-state index contributed by atoms with van der Waals surface area (Å²) in [7, 11) is 0. The van der Waals surface area contributed by atoms with Gasteiger partial charge in [0, 0.05) is 28.2 Å². The number of carbonyl (C=O) groups is 1. The first-order chi connectivity index (χ1) is 9.00. The van der Waals surface area contributed by atoms with Crippen LogP contribution in [-0.4, -0.2) is 10.9 Å². The summed E-state index contributed by atoms with van der Waals surface area (Å²) in [6.07, 6.45) is 1.64. The van der Waals surface area contributed by atoms with Crippen molar-refractivity contribution in [2.45, 2.75) is 20.8 Å². The van der Waals surface area contributed by atoms with E-state index in [1.807, 2.05) is 32.9 Å². The number of aromatic nitrogens is 1. The van der Waals surface area contributed by atoms with Crippen molar-refractivity contribution in [1.82, 2.24) is 4.98 Å². The van der Waals surface area contributed by atoms with Crippen LogP contribution in [0, 0.1) is 20.8 Å². The number of halogens is 1. The lowest BCUT2D eigenvalue weighted by atomic mass is 10.1. The zero-order chi connectivity index (χ0) is 14.0. The first kappa shape index (κ1) is 13.6. The van der Waals surface area contributed by atoms with E-state index >= 15 is 0 Å². The minimum Gasteiger partial charge on any atom is -0.322 e. The Balaban J connectivity index is 2.31. The third-order valence-corrected chi connectivity index (χ3v) is 3.63. The topological polar surface area (TPSA) is 42.0 Å². The Morgan fingerprint density at radius 1 is 1.16 bits per heavy atom. The van der Waals surface area contributed by atoms with E-state index in [-0.39, 0.29) is 5.91 Å². The van der Waals surface area contributed by atoms with Gasteiger partial charge in [0.1, 0.15) is 0 Å². The molecule has 3 nitrogen and oxygen atoms in total. The van der Waals surface area contributed by atoms with Crippen molar-refractivity contribution in [3.8, 4) is 0 Å². The molecule has 1 aromatic carbocycles. The number of carbonyl (C=O) groups excluding carboxylic acids is 1. The molecule has 1 heterocycles. The van der Waals surface area contributed by atoms with Crippen LogP contribution in [0.2, 0.25) is 5.02 Å². The van der Waals surface area contributed by atoms with E-state index in [1.54, 1.807) is 18.3 Å². The van der Waals surface area contributed by atoms with E-state index in [0.29, 0.717) is 10.6 Å². The smallest absolute Gasteiger partial charge is 0.256 e. The molecule has 0 bridgehead atoms. The molecule has 0 saturated carbocycles. The zero-order valence-electron chi connectivity index (χ0n) is 11.1. The molecule has 2 aromatic rings.